The van der Waals surface area contributed by atoms with Crippen molar-refractivity contribution in [1.29, 1.82) is 0 Å². The quantitative estimate of drug-likeness (QED) is 0.427. The average molecular weight is 312 g/mol. The van der Waals surface area contributed by atoms with E-state index in [2.05, 4.69) is 54.6 Å². The lowest BCUT2D eigenvalue weighted by Gasteiger charge is -2.42. The molecule has 2 heteroatoms. The zero-order valence-corrected chi connectivity index (χ0v) is 13.3. The molecule has 3 aromatic rings. The Morgan fingerprint density at radius 3 is 1.67 bits per heavy atom. The van der Waals surface area contributed by atoms with Crippen LogP contribution in [0.4, 0.5) is 0 Å². The van der Waals surface area contributed by atoms with E-state index < -0.39 is 0 Å². The second kappa shape index (κ2) is 4.81. The first-order valence-corrected chi connectivity index (χ1v) is 8.19. The second-order valence-electron chi connectivity index (χ2n) is 6.46. The number of ether oxygens (including phenoxy) is 1. The van der Waals surface area contributed by atoms with Crippen molar-refractivity contribution in [3.63, 3.8) is 0 Å². The number of hydrogen-bond acceptors (Lipinski definition) is 2. The van der Waals surface area contributed by atoms with Gasteiger partial charge in [-0.25, -0.2) is 4.79 Å². The minimum absolute atomic E-state index is 0.196. The van der Waals surface area contributed by atoms with Gasteiger partial charge in [0, 0.05) is 11.8 Å². The Hall–Kier alpha value is -2.87. The summed E-state index contributed by atoms with van der Waals surface area (Å²) in [4.78, 5) is 12.0. The first kappa shape index (κ1) is 13.6. The Bertz CT molecular complexity index is 939. The Labute approximate surface area is 140 Å². The summed E-state index contributed by atoms with van der Waals surface area (Å²) >= 11 is 0. The molecule has 0 unspecified atom stereocenters. The predicted octanol–water partition coefficient (Wildman–Crippen LogP) is 4.46. The average Bonchev–Trinajstić information content (AvgIpc) is 2.66. The molecule has 0 saturated heterocycles. The van der Waals surface area contributed by atoms with Crippen LogP contribution in [0.25, 0.3) is 0 Å². The van der Waals surface area contributed by atoms with Gasteiger partial charge >= 0.3 is 5.97 Å². The van der Waals surface area contributed by atoms with Crippen LogP contribution in [0.2, 0.25) is 0 Å². The van der Waals surface area contributed by atoms with Crippen LogP contribution in [0.5, 0.6) is 0 Å². The molecule has 3 aliphatic rings. The molecule has 6 rings (SSSR count). The van der Waals surface area contributed by atoms with Gasteiger partial charge in [-0.3, -0.25) is 0 Å². The summed E-state index contributed by atoms with van der Waals surface area (Å²) in [6.45, 7) is 0. The smallest absolute Gasteiger partial charge is 0.337 e. The van der Waals surface area contributed by atoms with Gasteiger partial charge in [0.05, 0.1) is 12.7 Å². The maximum Gasteiger partial charge on any atom is 0.337 e. The van der Waals surface area contributed by atoms with Gasteiger partial charge in [0.1, 0.15) is 0 Å². The van der Waals surface area contributed by atoms with E-state index in [1.807, 2.05) is 12.1 Å². The summed E-state index contributed by atoms with van der Waals surface area (Å²) in [7, 11) is 1.43. The number of carbonyl (C=O) groups is 1. The van der Waals surface area contributed by atoms with Crippen LogP contribution in [0.1, 0.15) is 55.6 Å². The summed E-state index contributed by atoms with van der Waals surface area (Å²) in [5, 5.41) is 0. The summed E-state index contributed by atoms with van der Waals surface area (Å²) in [6, 6.07) is 23.4. The molecule has 0 heterocycles. The fourth-order valence-corrected chi connectivity index (χ4v) is 4.41. The lowest BCUT2D eigenvalue weighted by molar-refractivity contribution is 0.0600. The van der Waals surface area contributed by atoms with Crippen molar-refractivity contribution in [2.45, 2.75) is 11.8 Å². The van der Waals surface area contributed by atoms with Gasteiger partial charge in [-0.05, 0) is 45.5 Å². The fraction of sp³-hybridized carbons (Fsp3) is 0.136. The molecule has 2 bridgehead atoms. The standard InChI is InChI=1S/C22H16O2/c1-24-22(23)13-10-11-18-19(12-13)21-16-8-4-2-6-14(16)20(18)15-7-3-5-9-17(15)21/h2-12,20-21H,1H3. The fourth-order valence-electron chi connectivity index (χ4n) is 4.41. The number of benzene rings is 3. The molecule has 0 aliphatic heterocycles. The Morgan fingerprint density at radius 1 is 0.708 bits per heavy atom. The van der Waals surface area contributed by atoms with Crippen LogP contribution in [0, 0.1) is 0 Å². The van der Waals surface area contributed by atoms with Crippen LogP contribution < -0.4 is 0 Å². The molecule has 0 spiro atoms. The third kappa shape index (κ3) is 1.63. The Balaban J connectivity index is 1.81. The zero-order chi connectivity index (χ0) is 16.3. The van der Waals surface area contributed by atoms with Gasteiger partial charge in [-0.15, -0.1) is 0 Å². The van der Waals surface area contributed by atoms with E-state index in [4.69, 9.17) is 4.74 Å². The van der Waals surface area contributed by atoms with Gasteiger partial charge in [-0.1, -0.05) is 54.6 Å². The molecule has 0 fully saturated rings. The monoisotopic (exact) mass is 312 g/mol. The molecular formula is C22H16O2. The highest BCUT2D eigenvalue weighted by molar-refractivity contribution is 5.90. The van der Waals surface area contributed by atoms with Crippen molar-refractivity contribution in [3.05, 3.63) is 106 Å². The van der Waals surface area contributed by atoms with E-state index in [1.165, 1.54) is 40.5 Å². The minimum atomic E-state index is -0.277. The molecule has 0 atom stereocenters. The van der Waals surface area contributed by atoms with Crippen molar-refractivity contribution >= 4 is 5.97 Å². The van der Waals surface area contributed by atoms with E-state index in [1.54, 1.807) is 0 Å². The highest BCUT2D eigenvalue weighted by atomic mass is 16.5. The van der Waals surface area contributed by atoms with E-state index in [0.717, 1.165) is 0 Å². The predicted molar refractivity (Wildman–Crippen MR) is 92.6 cm³/mol. The number of carbonyl (C=O) groups excluding carboxylic acids is 1. The normalized spacial score (nSPS) is 19.2. The van der Waals surface area contributed by atoms with Crippen LogP contribution in [0.15, 0.2) is 66.7 Å². The summed E-state index contributed by atoms with van der Waals surface area (Å²) in [5.41, 5.74) is 8.66. The number of hydrogen-bond donors (Lipinski definition) is 0. The minimum Gasteiger partial charge on any atom is -0.465 e. The third-order valence-electron chi connectivity index (χ3n) is 5.37. The van der Waals surface area contributed by atoms with Crippen molar-refractivity contribution in [1.82, 2.24) is 0 Å². The molecule has 3 aromatic carbocycles. The lowest BCUT2D eigenvalue weighted by atomic mass is 9.61. The van der Waals surface area contributed by atoms with Gasteiger partial charge < -0.3 is 4.74 Å². The molecular weight excluding hydrogens is 296 g/mol. The van der Waals surface area contributed by atoms with Crippen LogP contribution in [0.3, 0.4) is 0 Å². The highest BCUT2D eigenvalue weighted by Crippen LogP contribution is 2.55. The highest BCUT2D eigenvalue weighted by Gasteiger charge is 2.41. The van der Waals surface area contributed by atoms with Crippen LogP contribution in [-0.4, -0.2) is 13.1 Å². The molecule has 24 heavy (non-hydrogen) atoms. The molecule has 116 valence electrons. The van der Waals surface area contributed by atoms with Gasteiger partial charge in [0.15, 0.2) is 0 Å². The molecule has 0 amide bonds. The summed E-state index contributed by atoms with van der Waals surface area (Å²) in [5.74, 6) is 0.173. The maximum absolute atomic E-state index is 12.0. The molecule has 2 nitrogen and oxygen atoms in total. The van der Waals surface area contributed by atoms with E-state index in [9.17, 15) is 4.79 Å². The molecule has 0 radical (unpaired) electrons. The van der Waals surface area contributed by atoms with Crippen molar-refractivity contribution in [3.8, 4) is 0 Å². The topological polar surface area (TPSA) is 26.3 Å². The van der Waals surface area contributed by atoms with Crippen molar-refractivity contribution in [2.24, 2.45) is 0 Å². The zero-order valence-electron chi connectivity index (χ0n) is 13.3. The summed E-state index contributed by atoms with van der Waals surface area (Å²) < 4.78 is 4.91. The molecule has 3 aliphatic carbocycles. The maximum atomic E-state index is 12.0. The van der Waals surface area contributed by atoms with E-state index >= 15 is 0 Å². The number of methoxy groups -OCH3 is 1. The van der Waals surface area contributed by atoms with E-state index in [-0.39, 0.29) is 17.8 Å². The first-order valence-electron chi connectivity index (χ1n) is 8.19. The Morgan fingerprint density at radius 2 is 1.17 bits per heavy atom. The van der Waals surface area contributed by atoms with Gasteiger partial charge in [0.2, 0.25) is 0 Å². The third-order valence-corrected chi connectivity index (χ3v) is 5.37. The van der Waals surface area contributed by atoms with Gasteiger partial charge in [0.25, 0.3) is 0 Å². The summed E-state index contributed by atoms with van der Waals surface area (Å²) in [6.07, 6.45) is 0. The lowest BCUT2D eigenvalue weighted by Crippen LogP contribution is -2.27. The molecule has 0 N–H and O–H groups in total. The van der Waals surface area contributed by atoms with E-state index in [0.29, 0.717) is 5.56 Å². The van der Waals surface area contributed by atoms with Crippen molar-refractivity contribution < 1.29 is 9.53 Å². The van der Waals surface area contributed by atoms with Crippen molar-refractivity contribution in [2.75, 3.05) is 7.11 Å². The largest absolute Gasteiger partial charge is 0.465 e. The Kier molecular flexibility index (Phi) is 2.72. The number of esters is 1. The number of rotatable bonds is 1. The molecule has 0 saturated carbocycles. The van der Waals surface area contributed by atoms with Crippen LogP contribution >= 0.6 is 0 Å². The SMILES string of the molecule is COC(=O)c1ccc2c(c1)C1c3ccccc3C2c2ccccc21. The first-order chi connectivity index (χ1) is 11.8. The van der Waals surface area contributed by atoms with Crippen LogP contribution in [-0.2, 0) is 4.74 Å². The molecule has 0 aromatic heterocycles. The second-order valence-corrected chi connectivity index (χ2v) is 6.46. The van der Waals surface area contributed by atoms with Gasteiger partial charge in [-0.2, -0.15) is 0 Å².